The first-order chi connectivity index (χ1) is 15.7. The van der Waals surface area contributed by atoms with Crippen LogP contribution in [0, 0.1) is 0 Å². The fourth-order valence-electron chi connectivity index (χ4n) is 3.66. The molecular weight excluding hydrogens is 446 g/mol. The fourth-order valence-corrected chi connectivity index (χ4v) is 4.54. The molecule has 0 saturated heterocycles. The van der Waals surface area contributed by atoms with Crippen LogP contribution in [-0.2, 0) is 19.5 Å². The maximum Gasteiger partial charge on any atom is 0.264 e. The first kappa shape index (κ1) is 22.6. The van der Waals surface area contributed by atoms with E-state index >= 15 is 0 Å². The molecule has 3 aromatic rings. The number of nitrogens with one attached hydrogen (secondary N) is 1. The molecule has 0 aliphatic carbocycles. The van der Waals surface area contributed by atoms with Crippen LogP contribution in [0.3, 0.4) is 0 Å². The van der Waals surface area contributed by atoms with E-state index in [-0.39, 0.29) is 6.42 Å². The van der Waals surface area contributed by atoms with Gasteiger partial charge < -0.3 is 4.84 Å². The monoisotopic (exact) mass is 469 g/mol. The minimum Gasteiger partial charge on any atom is -0.392 e. The Balaban J connectivity index is 1.44. The van der Waals surface area contributed by atoms with Gasteiger partial charge in [0, 0.05) is 19.1 Å². The third kappa shape index (κ3) is 4.50. The van der Waals surface area contributed by atoms with Crippen molar-refractivity contribution >= 4 is 21.5 Å². The van der Waals surface area contributed by atoms with E-state index in [1.807, 2.05) is 48.5 Å². The minimum absolute atomic E-state index is 0.138. The molecule has 1 amide bonds. The molecule has 10 nitrogen and oxygen atoms in total. The molecule has 4 rings (SSSR count). The van der Waals surface area contributed by atoms with Crippen molar-refractivity contribution in [2.75, 3.05) is 6.26 Å². The Morgan fingerprint density at radius 1 is 1.09 bits per heavy atom. The normalized spacial score (nSPS) is 17.7. The van der Waals surface area contributed by atoms with Gasteiger partial charge in [0.25, 0.3) is 5.91 Å². The van der Waals surface area contributed by atoms with Crippen LogP contribution in [0.1, 0.15) is 25.3 Å². The third-order valence-electron chi connectivity index (χ3n) is 5.82. The Kier molecular flexibility index (Phi) is 6.00. The molecule has 2 atom stereocenters. The minimum atomic E-state index is -3.81. The number of carbonyl (C=O) groups excluding carboxylic acids is 1. The highest BCUT2D eigenvalue weighted by Gasteiger charge is 2.47. The van der Waals surface area contributed by atoms with Gasteiger partial charge in [0.15, 0.2) is 14.6 Å². The van der Waals surface area contributed by atoms with Gasteiger partial charge in [-0.2, -0.15) is 15.0 Å². The molecule has 2 aromatic carbocycles. The SMILES string of the molecule is CC(CC1CC(c2ccc(-c3ccc(-n4nccn4)cc3)cc2)=NO1)(C(=O)NO)S(C)(=O)=O. The molecule has 0 saturated carbocycles. The lowest BCUT2D eigenvalue weighted by atomic mass is 9.95. The van der Waals surface area contributed by atoms with E-state index in [2.05, 4.69) is 15.4 Å². The molecule has 0 radical (unpaired) electrons. The molecule has 1 aliphatic rings. The topological polar surface area (TPSA) is 136 Å². The Labute approximate surface area is 190 Å². The van der Waals surface area contributed by atoms with E-state index in [1.165, 1.54) is 12.4 Å². The van der Waals surface area contributed by atoms with Crippen LogP contribution in [0.4, 0.5) is 0 Å². The molecule has 1 aromatic heterocycles. The summed E-state index contributed by atoms with van der Waals surface area (Å²) in [6.07, 6.45) is 3.79. The van der Waals surface area contributed by atoms with Crippen LogP contribution in [0.5, 0.6) is 0 Å². The van der Waals surface area contributed by atoms with Crippen LogP contribution in [0.25, 0.3) is 16.8 Å². The number of sulfone groups is 1. The van der Waals surface area contributed by atoms with E-state index in [1.54, 1.807) is 17.2 Å². The summed E-state index contributed by atoms with van der Waals surface area (Å²) in [7, 11) is -3.81. The Hall–Kier alpha value is -3.57. The summed E-state index contributed by atoms with van der Waals surface area (Å²) in [5, 5.41) is 21.3. The summed E-state index contributed by atoms with van der Waals surface area (Å²) in [6, 6.07) is 15.6. The number of hydrogen-bond acceptors (Lipinski definition) is 8. The van der Waals surface area contributed by atoms with Crippen LogP contribution >= 0.6 is 0 Å². The smallest absolute Gasteiger partial charge is 0.264 e. The van der Waals surface area contributed by atoms with Crippen molar-refractivity contribution in [3.8, 4) is 16.8 Å². The Morgan fingerprint density at radius 3 is 2.18 bits per heavy atom. The van der Waals surface area contributed by atoms with E-state index < -0.39 is 26.6 Å². The van der Waals surface area contributed by atoms with Crippen molar-refractivity contribution in [2.45, 2.75) is 30.6 Å². The van der Waals surface area contributed by atoms with E-state index in [0.717, 1.165) is 28.6 Å². The number of amides is 1. The van der Waals surface area contributed by atoms with Crippen molar-refractivity contribution in [3.05, 3.63) is 66.5 Å². The largest absolute Gasteiger partial charge is 0.392 e. The van der Waals surface area contributed by atoms with Gasteiger partial charge in [-0.1, -0.05) is 41.6 Å². The second kappa shape index (κ2) is 8.75. The van der Waals surface area contributed by atoms with Gasteiger partial charge in [0.2, 0.25) is 0 Å². The molecule has 2 heterocycles. The number of carbonyl (C=O) groups is 1. The van der Waals surface area contributed by atoms with Gasteiger partial charge >= 0.3 is 0 Å². The fraction of sp³-hybridized carbons (Fsp3) is 0.273. The molecule has 2 N–H and O–H groups in total. The number of hydroxylamine groups is 1. The Morgan fingerprint density at radius 2 is 1.64 bits per heavy atom. The van der Waals surface area contributed by atoms with Crippen molar-refractivity contribution in [1.29, 1.82) is 0 Å². The Bertz CT molecular complexity index is 1270. The molecule has 0 fully saturated rings. The number of rotatable bonds is 7. The maximum absolute atomic E-state index is 12.2. The standard InChI is InChI=1S/C22H23N5O5S/c1-22(21(28)25-29,33(2,30)31)14-19-13-20(26-32-19)17-5-3-15(4-6-17)16-7-9-18(10-8-16)27-23-11-12-24-27/h3-12,19,29H,13-14H2,1-2H3,(H,25,28). The quantitative estimate of drug-likeness (QED) is 0.400. The van der Waals surface area contributed by atoms with Crippen molar-refractivity contribution in [2.24, 2.45) is 5.16 Å². The zero-order valence-electron chi connectivity index (χ0n) is 18.0. The lowest BCUT2D eigenvalue weighted by Gasteiger charge is -2.26. The average molecular weight is 470 g/mol. The zero-order chi connectivity index (χ0) is 23.6. The summed E-state index contributed by atoms with van der Waals surface area (Å²) in [4.78, 5) is 19.0. The highest BCUT2D eigenvalue weighted by Crippen LogP contribution is 2.30. The number of aromatic nitrogens is 3. The van der Waals surface area contributed by atoms with Gasteiger partial charge in [-0.05, 0) is 35.7 Å². The average Bonchev–Trinajstić information content (AvgIpc) is 3.50. The molecule has 1 aliphatic heterocycles. The number of nitrogens with zero attached hydrogens (tertiary/aromatic N) is 4. The highest BCUT2D eigenvalue weighted by atomic mass is 32.2. The van der Waals surface area contributed by atoms with Crippen LogP contribution in [0.2, 0.25) is 0 Å². The van der Waals surface area contributed by atoms with Gasteiger partial charge in [-0.3, -0.25) is 10.0 Å². The van der Waals surface area contributed by atoms with Crippen molar-refractivity contribution < 1.29 is 23.3 Å². The van der Waals surface area contributed by atoms with Crippen LogP contribution < -0.4 is 5.48 Å². The first-order valence-electron chi connectivity index (χ1n) is 10.2. The summed E-state index contributed by atoms with van der Waals surface area (Å²) in [6.45, 7) is 1.26. The molecule has 0 spiro atoms. The lowest BCUT2D eigenvalue weighted by Crippen LogP contribution is -2.51. The number of oxime groups is 1. The number of benzene rings is 2. The van der Waals surface area contributed by atoms with E-state index in [9.17, 15) is 13.2 Å². The second-order valence-electron chi connectivity index (χ2n) is 8.06. The molecule has 0 bridgehead atoms. The van der Waals surface area contributed by atoms with Crippen molar-refractivity contribution in [1.82, 2.24) is 20.5 Å². The predicted octanol–water partition coefficient (Wildman–Crippen LogP) is 2.13. The van der Waals surface area contributed by atoms with Gasteiger partial charge in [0.1, 0.15) is 6.10 Å². The zero-order valence-corrected chi connectivity index (χ0v) is 18.9. The van der Waals surface area contributed by atoms with Crippen LogP contribution in [-0.4, -0.2) is 57.3 Å². The number of hydrogen-bond donors (Lipinski definition) is 2. The van der Waals surface area contributed by atoms with E-state index in [0.29, 0.717) is 12.1 Å². The van der Waals surface area contributed by atoms with Gasteiger partial charge in [-0.15, -0.1) is 0 Å². The molecule has 11 heteroatoms. The van der Waals surface area contributed by atoms with Crippen LogP contribution in [0.15, 0.2) is 66.1 Å². The van der Waals surface area contributed by atoms with Crippen molar-refractivity contribution in [3.63, 3.8) is 0 Å². The van der Waals surface area contributed by atoms with E-state index in [4.69, 9.17) is 10.0 Å². The maximum atomic E-state index is 12.2. The third-order valence-corrected chi connectivity index (χ3v) is 7.81. The summed E-state index contributed by atoms with van der Waals surface area (Å²) in [5.74, 6) is -0.999. The summed E-state index contributed by atoms with van der Waals surface area (Å²) >= 11 is 0. The van der Waals surface area contributed by atoms with Gasteiger partial charge in [-0.25, -0.2) is 13.9 Å². The molecule has 172 valence electrons. The van der Waals surface area contributed by atoms with Gasteiger partial charge in [0.05, 0.1) is 23.8 Å². The summed E-state index contributed by atoms with van der Waals surface area (Å²) in [5.41, 5.74) is 5.84. The lowest BCUT2D eigenvalue weighted by molar-refractivity contribution is -0.132. The summed E-state index contributed by atoms with van der Waals surface area (Å²) < 4.78 is 22.5. The molecule has 33 heavy (non-hydrogen) atoms. The first-order valence-corrected chi connectivity index (χ1v) is 12.0. The molecular formula is C22H23N5O5S. The predicted molar refractivity (Wildman–Crippen MR) is 121 cm³/mol. The highest BCUT2D eigenvalue weighted by molar-refractivity contribution is 7.92. The second-order valence-corrected chi connectivity index (χ2v) is 10.5. The molecule has 2 unspecified atom stereocenters.